The van der Waals surface area contributed by atoms with Crippen molar-refractivity contribution in [2.24, 2.45) is 5.92 Å². The molecule has 3 rings (SSSR count). The molecule has 1 aliphatic rings. The number of methoxy groups -OCH3 is 1. The average molecular weight is 419 g/mol. The highest BCUT2D eigenvalue weighted by atomic mass is 32.2. The number of carbonyl (C=O) groups excluding carboxylic acids is 1. The Morgan fingerprint density at radius 1 is 1.10 bits per heavy atom. The lowest BCUT2D eigenvalue weighted by molar-refractivity contribution is -0.136. The minimum absolute atomic E-state index is 0.142. The molecule has 0 aliphatic heterocycles. The number of nitrogens with one attached hydrogen (secondary N) is 1. The lowest BCUT2D eigenvalue weighted by Gasteiger charge is -2.38. The Hall–Kier alpha value is -2.42. The molecular weight excluding hydrogens is 392 g/mol. The molecule has 2 aromatic rings. The van der Waals surface area contributed by atoms with Crippen molar-refractivity contribution >= 4 is 15.9 Å². The fourth-order valence-corrected chi connectivity index (χ4v) is 5.55. The maximum atomic E-state index is 13.6. The molecule has 1 aliphatic carbocycles. The molecule has 8 heteroatoms. The van der Waals surface area contributed by atoms with Gasteiger partial charge in [0.05, 0.1) is 17.9 Å². The summed E-state index contributed by atoms with van der Waals surface area (Å²) in [5, 5.41) is 9.17. The number of sulfonamides is 1. The van der Waals surface area contributed by atoms with E-state index >= 15 is 0 Å². The SMILES string of the molecule is COc1ccc(S(=O)(=O)N(Cc2ccccc2)[C@@H]2CCCC[C@@H]2C(=O)NO)cc1. The summed E-state index contributed by atoms with van der Waals surface area (Å²) in [5.74, 6) is -0.586. The first-order valence-electron chi connectivity index (χ1n) is 9.61. The number of hydrogen-bond acceptors (Lipinski definition) is 5. The Kier molecular flexibility index (Phi) is 6.89. The smallest absolute Gasteiger partial charge is 0.248 e. The molecule has 2 atom stereocenters. The van der Waals surface area contributed by atoms with Crippen molar-refractivity contribution < 1.29 is 23.2 Å². The minimum Gasteiger partial charge on any atom is -0.497 e. The molecule has 1 fully saturated rings. The molecule has 0 unspecified atom stereocenters. The third kappa shape index (κ3) is 4.77. The van der Waals surface area contributed by atoms with E-state index in [1.807, 2.05) is 30.3 Å². The molecule has 0 heterocycles. The van der Waals surface area contributed by atoms with Gasteiger partial charge in [-0.1, -0.05) is 43.2 Å². The predicted octanol–water partition coefficient (Wildman–Crippen LogP) is 2.95. The van der Waals surface area contributed by atoms with Crippen LogP contribution in [0.5, 0.6) is 5.75 Å². The molecule has 156 valence electrons. The number of ether oxygens (including phenoxy) is 1. The Morgan fingerprint density at radius 2 is 1.76 bits per heavy atom. The number of hydroxylamine groups is 1. The van der Waals surface area contributed by atoms with Crippen LogP contribution in [-0.2, 0) is 21.4 Å². The maximum absolute atomic E-state index is 13.6. The molecular formula is C21H26N2O5S. The van der Waals surface area contributed by atoms with Crippen molar-refractivity contribution in [2.45, 2.75) is 43.2 Å². The summed E-state index contributed by atoms with van der Waals surface area (Å²) < 4.78 is 33.7. The summed E-state index contributed by atoms with van der Waals surface area (Å²) in [6.07, 6.45) is 2.72. The first-order chi connectivity index (χ1) is 14.0. The Morgan fingerprint density at radius 3 is 2.38 bits per heavy atom. The molecule has 0 bridgehead atoms. The quantitative estimate of drug-likeness (QED) is 0.532. The van der Waals surface area contributed by atoms with Crippen LogP contribution >= 0.6 is 0 Å². The van der Waals surface area contributed by atoms with E-state index in [-0.39, 0.29) is 11.4 Å². The summed E-state index contributed by atoms with van der Waals surface area (Å²) in [4.78, 5) is 12.4. The summed E-state index contributed by atoms with van der Waals surface area (Å²) in [7, 11) is -2.36. The second-order valence-electron chi connectivity index (χ2n) is 7.15. The highest BCUT2D eigenvalue weighted by Gasteiger charge is 2.40. The summed E-state index contributed by atoms with van der Waals surface area (Å²) >= 11 is 0. The number of benzene rings is 2. The Balaban J connectivity index is 2.02. The van der Waals surface area contributed by atoms with Crippen LogP contribution in [-0.4, -0.2) is 37.0 Å². The van der Waals surface area contributed by atoms with E-state index < -0.39 is 27.9 Å². The van der Waals surface area contributed by atoms with E-state index in [2.05, 4.69) is 0 Å². The lowest BCUT2D eigenvalue weighted by atomic mass is 9.84. The number of nitrogens with zero attached hydrogens (tertiary/aromatic N) is 1. The second-order valence-corrected chi connectivity index (χ2v) is 9.04. The molecule has 2 N–H and O–H groups in total. The fourth-order valence-electron chi connectivity index (χ4n) is 3.87. The largest absolute Gasteiger partial charge is 0.497 e. The first-order valence-corrected chi connectivity index (χ1v) is 11.0. The van der Waals surface area contributed by atoms with Crippen LogP contribution in [0.25, 0.3) is 0 Å². The summed E-state index contributed by atoms with van der Waals surface area (Å²) in [5.41, 5.74) is 2.54. The van der Waals surface area contributed by atoms with Crippen molar-refractivity contribution in [1.82, 2.24) is 9.79 Å². The van der Waals surface area contributed by atoms with Crippen molar-refractivity contribution in [3.63, 3.8) is 0 Å². The molecule has 2 aromatic carbocycles. The highest BCUT2D eigenvalue weighted by Crippen LogP contribution is 2.34. The lowest BCUT2D eigenvalue weighted by Crippen LogP contribution is -2.50. The molecule has 0 aromatic heterocycles. The second kappa shape index (κ2) is 9.39. The van der Waals surface area contributed by atoms with Gasteiger partial charge in [-0.2, -0.15) is 4.31 Å². The van der Waals surface area contributed by atoms with Gasteiger partial charge in [-0.3, -0.25) is 10.0 Å². The minimum atomic E-state index is -3.88. The highest BCUT2D eigenvalue weighted by molar-refractivity contribution is 7.89. The average Bonchev–Trinajstić information content (AvgIpc) is 2.77. The van der Waals surface area contributed by atoms with E-state index in [1.54, 1.807) is 17.6 Å². The van der Waals surface area contributed by atoms with Crippen molar-refractivity contribution in [3.05, 3.63) is 60.2 Å². The van der Waals surface area contributed by atoms with Gasteiger partial charge in [0.25, 0.3) is 0 Å². The van der Waals surface area contributed by atoms with Gasteiger partial charge in [-0.05, 0) is 42.7 Å². The van der Waals surface area contributed by atoms with Crippen LogP contribution in [0.4, 0.5) is 0 Å². The van der Waals surface area contributed by atoms with Gasteiger partial charge in [0, 0.05) is 12.6 Å². The van der Waals surface area contributed by atoms with Crippen molar-refractivity contribution in [3.8, 4) is 5.75 Å². The van der Waals surface area contributed by atoms with E-state index in [1.165, 1.54) is 23.5 Å². The third-order valence-electron chi connectivity index (χ3n) is 5.39. The van der Waals surface area contributed by atoms with E-state index in [4.69, 9.17) is 4.74 Å². The first kappa shape index (κ1) is 21.3. The van der Waals surface area contributed by atoms with Crippen molar-refractivity contribution in [1.29, 1.82) is 0 Å². The number of hydrogen-bond donors (Lipinski definition) is 2. The Labute approximate surface area is 171 Å². The molecule has 0 spiro atoms. The Bertz CT molecular complexity index is 916. The van der Waals surface area contributed by atoms with Gasteiger partial charge in [0.15, 0.2) is 0 Å². The maximum Gasteiger partial charge on any atom is 0.248 e. The van der Waals surface area contributed by atoms with E-state index in [0.717, 1.165) is 18.4 Å². The van der Waals surface area contributed by atoms with Crippen LogP contribution in [0.2, 0.25) is 0 Å². The zero-order valence-corrected chi connectivity index (χ0v) is 17.1. The summed E-state index contributed by atoms with van der Waals surface area (Å²) in [6, 6.07) is 15.0. The number of rotatable bonds is 7. The monoisotopic (exact) mass is 418 g/mol. The van der Waals surface area contributed by atoms with Gasteiger partial charge >= 0.3 is 0 Å². The van der Waals surface area contributed by atoms with Gasteiger partial charge in [0.1, 0.15) is 5.75 Å². The van der Waals surface area contributed by atoms with Crippen LogP contribution in [0.15, 0.2) is 59.5 Å². The normalized spacial score (nSPS) is 19.7. The zero-order chi connectivity index (χ0) is 20.9. The number of carbonyl (C=O) groups is 1. The van der Waals surface area contributed by atoms with Gasteiger partial charge in [-0.25, -0.2) is 13.9 Å². The van der Waals surface area contributed by atoms with Crippen LogP contribution in [0, 0.1) is 5.92 Å². The molecule has 7 nitrogen and oxygen atoms in total. The fraction of sp³-hybridized carbons (Fsp3) is 0.381. The van der Waals surface area contributed by atoms with Gasteiger partial charge in [-0.15, -0.1) is 0 Å². The predicted molar refractivity (Wildman–Crippen MR) is 108 cm³/mol. The van der Waals surface area contributed by atoms with Gasteiger partial charge < -0.3 is 4.74 Å². The molecule has 0 radical (unpaired) electrons. The molecule has 1 amide bonds. The number of amides is 1. The van der Waals surface area contributed by atoms with Crippen molar-refractivity contribution in [2.75, 3.05) is 7.11 Å². The standard InChI is InChI=1S/C21H26N2O5S/c1-28-17-11-13-18(14-12-17)29(26,27)23(15-16-7-3-2-4-8-16)20-10-6-5-9-19(20)21(24)22-25/h2-4,7-8,11-14,19-20,25H,5-6,9-10,15H2,1H3,(H,22,24)/t19-,20+/m0/s1. The van der Waals surface area contributed by atoms with Crippen LogP contribution in [0.3, 0.4) is 0 Å². The molecule has 0 saturated heterocycles. The summed E-state index contributed by atoms with van der Waals surface area (Å²) in [6.45, 7) is 0.148. The molecule has 1 saturated carbocycles. The molecule has 29 heavy (non-hydrogen) atoms. The zero-order valence-electron chi connectivity index (χ0n) is 16.3. The topological polar surface area (TPSA) is 95.9 Å². The van der Waals surface area contributed by atoms with Crippen LogP contribution < -0.4 is 10.2 Å². The third-order valence-corrected chi connectivity index (χ3v) is 7.28. The van der Waals surface area contributed by atoms with E-state index in [0.29, 0.717) is 18.6 Å². The van der Waals surface area contributed by atoms with E-state index in [9.17, 15) is 18.4 Å². The van der Waals surface area contributed by atoms with Crippen LogP contribution in [0.1, 0.15) is 31.2 Å². The van der Waals surface area contributed by atoms with Gasteiger partial charge in [0.2, 0.25) is 15.9 Å².